The summed E-state index contributed by atoms with van der Waals surface area (Å²) in [6.45, 7) is 0. The molecule has 0 radical (unpaired) electrons. The fourth-order valence-corrected chi connectivity index (χ4v) is 4.17. The number of halogens is 2. The molecular formula is C13H9ClIO+. The maximum absolute atomic E-state index is 11.2. The molecule has 0 unspecified atom stereocenters. The maximum atomic E-state index is 11.2. The Bertz CT molecular complexity index is 496. The van der Waals surface area contributed by atoms with Gasteiger partial charge in [-0.1, -0.05) is 30.3 Å². The number of hydrogen-bond acceptors (Lipinski definition) is 1. The molecule has 0 amide bonds. The average molecular weight is 344 g/mol. The van der Waals surface area contributed by atoms with E-state index in [1.807, 2.05) is 36.4 Å². The highest BCUT2D eigenvalue weighted by Gasteiger charge is 2.21. The van der Waals surface area contributed by atoms with Crippen LogP contribution in [0.2, 0.25) is 0 Å². The van der Waals surface area contributed by atoms with Gasteiger partial charge in [-0.25, -0.2) is 0 Å². The summed E-state index contributed by atoms with van der Waals surface area (Å²) in [5.74, 6) is 0. The Morgan fingerprint density at radius 3 is 2.25 bits per heavy atom. The third-order valence-corrected chi connectivity index (χ3v) is 5.10. The molecule has 0 bridgehead atoms. The molecule has 0 aliphatic heterocycles. The van der Waals surface area contributed by atoms with Crippen LogP contribution in [-0.4, -0.2) is 5.24 Å². The molecule has 0 aromatic heterocycles. The van der Waals surface area contributed by atoms with Gasteiger partial charge in [-0.15, -0.1) is 0 Å². The van der Waals surface area contributed by atoms with Gasteiger partial charge in [-0.05, 0) is 35.9 Å². The lowest BCUT2D eigenvalue weighted by Crippen LogP contribution is -3.61. The fraction of sp³-hybridized carbons (Fsp3) is 0. The molecule has 3 heteroatoms. The highest BCUT2D eigenvalue weighted by atomic mass is 127. The van der Waals surface area contributed by atoms with Crippen LogP contribution in [0.1, 0.15) is 10.4 Å². The van der Waals surface area contributed by atoms with Crippen LogP contribution in [0, 0.1) is 7.14 Å². The van der Waals surface area contributed by atoms with Gasteiger partial charge in [0.15, 0.2) is 3.57 Å². The van der Waals surface area contributed by atoms with Crippen LogP contribution < -0.4 is 21.2 Å². The molecule has 0 fully saturated rings. The molecular weight excluding hydrogens is 334 g/mol. The standard InChI is InChI=1S/C13H9ClIO/c14-13(16)11-8-4-5-9-12(11)15-10-6-2-1-3-7-10/h1-9H/q+1. The molecule has 0 atom stereocenters. The molecule has 0 saturated carbocycles. The predicted octanol–water partition coefficient (Wildman–Crippen LogP) is 0.194. The van der Waals surface area contributed by atoms with Crippen molar-refractivity contribution in [2.45, 2.75) is 0 Å². The first kappa shape index (κ1) is 11.6. The van der Waals surface area contributed by atoms with Crippen molar-refractivity contribution in [3.63, 3.8) is 0 Å². The number of carbonyl (C=O) groups excluding carboxylic acids is 1. The minimum Gasteiger partial charge on any atom is -0.275 e. The molecule has 2 aromatic carbocycles. The molecule has 0 heterocycles. The van der Waals surface area contributed by atoms with Crippen molar-refractivity contribution >= 4 is 16.8 Å². The fourth-order valence-electron chi connectivity index (χ4n) is 1.30. The van der Waals surface area contributed by atoms with Crippen LogP contribution >= 0.6 is 11.6 Å². The molecule has 2 rings (SSSR count). The van der Waals surface area contributed by atoms with Crippen LogP contribution in [0.3, 0.4) is 0 Å². The molecule has 0 N–H and O–H groups in total. The average Bonchev–Trinajstić information content (AvgIpc) is 2.31. The smallest absolute Gasteiger partial charge is 0.275 e. The van der Waals surface area contributed by atoms with Crippen molar-refractivity contribution in [2.24, 2.45) is 0 Å². The maximum Gasteiger partial charge on any atom is 0.358 e. The highest BCUT2D eigenvalue weighted by Crippen LogP contribution is 2.02. The number of benzene rings is 2. The molecule has 16 heavy (non-hydrogen) atoms. The van der Waals surface area contributed by atoms with E-state index in [9.17, 15) is 4.79 Å². The van der Waals surface area contributed by atoms with E-state index in [4.69, 9.17) is 11.6 Å². The first-order valence-electron chi connectivity index (χ1n) is 4.76. The van der Waals surface area contributed by atoms with Crippen molar-refractivity contribution in [2.75, 3.05) is 0 Å². The molecule has 0 saturated heterocycles. The monoisotopic (exact) mass is 343 g/mol. The minimum atomic E-state index is -0.369. The van der Waals surface area contributed by atoms with Gasteiger partial charge in [0.2, 0.25) is 3.57 Å². The Balaban J connectivity index is 2.31. The van der Waals surface area contributed by atoms with Crippen molar-refractivity contribution in [1.29, 1.82) is 0 Å². The normalized spacial score (nSPS) is 10.1. The van der Waals surface area contributed by atoms with Gasteiger partial charge in [0, 0.05) is 0 Å². The topological polar surface area (TPSA) is 17.1 Å². The van der Waals surface area contributed by atoms with Crippen molar-refractivity contribution in [3.05, 3.63) is 67.3 Å². The van der Waals surface area contributed by atoms with Crippen molar-refractivity contribution in [1.82, 2.24) is 0 Å². The molecule has 0 aliphatic rings. The van der Waals surface area contributed by atoms with Gasteiger partial charge in [-0.2, -0.15) is 0 Å². The molecule has 0 aliphatic carbocycles. The van der Waals surface area contributed by atoms with E-state index >= 15 is 0 Å². The van der Waals surface area contributed by atoms with Crippen molar-refractivity contribution in [3.8, 4) is 0 Å². The molecule has 1 nitrogen and oxygen atoms in total. The number of hydrogen-bond donors (Lipinski definition) is 0. The zero-order valence-corrected chi connectivity index (χ0v) is 11.3. The summed E-state index contributed by atoms with van der Waals surface area (Å²) in [4.78, 5) is 11.2. The first-order valence-corrected chi connectivity index (χ1v) is 7.29. The lowest BCUT2D eigenvalue weighted by molar-refractivity contribution is -0.597. The summed E-state index contributed by atoms with van der Waals surface area (Å²) in [5.41, 5.74) is 0.640. The van der Waals surface area contributed by atoms with Crippen molar-refractivity contribution < 1.29 is 26.0 Å². The SMILES string of the molecule is O=C(Cl)c1ccccc1[I+]c1ccccc1. The predicted molar refractivity (Wildman–Crippen MR) is 60.5 cm³/mol. The molecule has 2 aromatic rings. The summed E-state index contributed by atoms with van der Waals surface area (Å²) in [6.07, 6.45) is 0. The van der Waals surface area contributed by atoms with Gasteiger partial charge in [0.25, 0.3) is 5.24 Å². The Labute approximate surface area is 110 Å². The van der Waals surface area contributed by atoms with Gasteiger partial charge < -0.3 is 0 Å². The quantitative estimate of drug-likeness (QED) is 0.575. The highest BCUT2D eigenvalue weighted by molar-refractivity contribution is 6.67. The number of rotatable bonds is 3. The first-order chi connectivity index (χ1) is 7.77. The number of carbonyl (C=O) groups is 1. The lowest BCUT2D eigenvalue weighted by Gasteiger charge is -1.93. The summed E-state index contributed by atoms with van der Waals surface area (Å²) in [6, 6.07) is 17.7. The Hall–Kier alpha value is -0.870. The summed E-state index contributed by atoms with van der Waals surface area (Å²) >= 11 is 5.22. The molecule has 0 spiro atoms. The van der Waals surface area contributed by atoms with Gasteiger partial charge in [0.1, 0.15) is 0 Å². The second kappa shape index (κ2) is 5.46. The second-order valence-electron chi connectivity index (χ2n) is 3.14. The van der Waals surface area contributed by atoms with E-state index in [-0.39, 0.29) is 26.4 Å². The van der Waals surface area contributed by atoms with Crippen LogP contribution in [0.4, 0.5) is 0 Å². The van der Waals surface area contributed by atoms with E-state index in [0.29, 0.717) is 5.56 Å². The van der Waals surface area contributed by atoms with Crippen LogP contribution in [0.25, 0.3) is 0 Å². The Morgan fingerprint density at radius 2 is 1.56 bits per heavy atom. The third-order valence-electron chi connectivity index (χ3n) is 2.03. The summed E-state index contributed by atoms with van der Waals surface area (Å²) in [5, 5.41) is -0.369. The Kier molecular flexibility index (Phi) is 3.96. The van der Waals surface area contributed by atoms with Gasteiger partial charge in [0.05, 0.1) is 5.56 Å². The summed E-state index contributed by atoms with van der Waals surface area (Å²) < 4.78 is 2.36. The zero-order valence-electron chi connectivity index (χ0n) is 8.36. The molecule has 80 valence electrons. The van der Waals surface area contributed by atoms with E-state index in [1.54, 1.807) is 6.07 Å². The van der Waals surface area contributed by atoms with Gasteiger partial charge in [-0.3, -0.25) is 4.79 Å². The summed E-state index contributed by atoms with van der Waals surface area (Å²) in [7, 11) is 0. The largest absolute Gasteiger partial charge is 0.358 e. The third kappa shape index (κ3) is 2.83. The van der Waals surface area contributed by atoms with Crippen LogP contribution in [0.5, 0.6) is 0 Å². The van der Waals surface area contributed by atoms with Crippen LogP contribution in [0.15, 0.2) is 54.6 Å². The van der Waals surface area contributed by atoms with Crippen LogP contribution in [-0.2, 0) is 0 Å². The van der Waals surface area contributed by atoms with E-state index in [0.717, 1.165) is 3.57 Å². The van der Waals surface area contributed by atoms with E-state index in [1.165, 1.54) is 3.57 Å². The van der Waals surface area contributed by atoms with Gasteiger partial charge >= 0.3 is 21.2 Å². The minimum absolute atomic E-state index is 0.332. The zero-order chi connectivity index (χ0) is 11.4. The van der Waals surface area contributed by atoms with E-state index < -0.39 is 0 Å². The lowest BCUT2D eigenvalue weighted by atomic mass is 10.2. The Morgan fingerprint density at radius 1 is 0.938 bits per heavy atom. The van der Waals surface area contributed by atoms with E-state index in [2.05, 4.69) is 12.1 Å². The second-order valence-corrected chi connectivity index (χ2v) is 6.43.